The van der Waals surface area contributed by atoms with Crippen LogP contribution in [-0.2, 0) is 0 Å². The molecule has 0 N–H and O–H groups in total. The zero-order valence-corrected chi connectivity index (χ0v) is 14.0. The van der Waals surface area contributed by atoms with Gasteiger partial charge in [0.2, 0.25) is 0 Å². The molecule has 25 heavy (non-hydrogen) atoms. The lowest BCUT2D eigenvalue weighted by molar-refractivity contribution is 0.355. The van der Waals surface area contributed by atoms with Crippen LogP contribution in [0.15, 0.2) is 66.9 Å². The minimum absolute atomic E-state index is 0.675. The number of aromatic nitrogens is 3. The maximum Gasteiger partial charge on any atom is 0.161 e. The highest BCUT2D eigenvalue weighted by molar-refractivity contribution is 5.68. The molecule has 0 saturated carbocycles. The van der Waals surface area contributed by atoms with Crippen LogP contribution in [0.25, 0.3) is 28.2 Å². The highest BCUT2D eigenvalue weighted by Gasteiger charge is 2.12. The van der Waals surface area contributed by atoms with Gasteiger partial charge in [-0.1, -0.05) is 30.3 Å². The summed E-state index contributed by atoms with van der Waals surface area (Å²) >= 11 is 0. The van der Waals surface area contributed by atoms with E-state index in [4.69, 9.17) is 14.6 Å². The SMILES string of the molecule is COc1ccc(-c2cnc3ccc(-c4ccccc4)nn23)cc1OC. The molecule has 0 aliphatic rings. The van der Waals surface area contributed by atoms with Gasteiger partial charge in [-0.3, -0.25) is 0 Å². The van der Waals surface area contributed by atoms with Crippen molar-refractivity contribution in [1.82, 2.24) is 14.6 Å². The molecular formula is C20H17N3O2. The number of hydrogen-bond donors (Lipinski definition) is 0. The van der Waals surface area contributed by atoms with Crippen molar-refractivity contribution in [2.75, 3.05) is 14.2 Å². The van der Waals surface area contributed by atoms with Crippen molar-refractivity contribution in [1.29, 1.82) is 0 Å². The lowest BCUT2D eigenvalue weighted by Crippen LogP contribution is -1.97. The Morgan fingerprint density at radius 3 is 2.36 bits per heavy atom. The van der Waals surface area contributed by atoms with E-state index in [-0.39, 0.29) is 0 Å². The van der Waals surface area contributed by atoms with E-state index < -0.39 is 0 Å². The average molecular weight is 331 g/mol. The molecule has 4 aromatic rings. The Kier molecular flexibility index (Phi) is 3.82. The van der Waals surface area contributed by atoms with Crippen LogP contribution < -0.4 is 9.47 Å². The summed E-state index contributed by atoms with van der Waals surface area (Å²) in [6.45, 7) is 0. The fourth-order valence-electron chi connectivity index (χ4n) is 2.83. The third kappa shape index (κ3) is 2.70. The van der Waals surface area contributed by atoms with Crippen LogP contribution in [0, 0.1) is 0 Å². The number of benzene rings is 2. The molecule has 5 nitrogen and oxygen atoms in total. The highest BCUT2D eigenvalue weighted by atomic mass is 16.5. The molecule has 5 heteroatoms. The molecular weight excluding hydrogens is 314 g/mol. The third-order valence-corrected chi connectivity index (χ3v) is 4.11. The lowest BCUT2D eigenvalue weighted by atomic mass is 10.1. The zero-order valence-electron chi connectivity index (χ0n) is 14.0. The summed E-state index contributed by atoms with van der Waals surface area (Å²) in [7, 11) is 3.25. The van der Waals surface area contributed by atoms with E-state index in [2.05, 4.69) is 4.98 Å². The monoisotopic (exact) mass is 331 g/mol. The van der Waals surface area contributed by atoms with E-state index in [0.29, 0.717) is 11.5 Å². The molecule has 124 valence electrons. The Labute approximate surface area is 145 Å². The molecule has 0 spiro atoms. The van der Waals surface area contributed by atoms with Gasteiger partial charge in [0.05, 0.1) is 31.8 Å². The molecule has 0 bridgehead atoms. The smallest absolute Gasteiger partial charge is 0.161 e. The van der Waals surface area contributed by atoms with E-state index in [1.807, 2.05) is 71.4 Å². The molecule has 0 fully saturated rings. The summed E-state index contributed by atoms with van der Waals surface area (Å²) in [5.74, 6) is 1.37. The molecule has 2 aromatic carbocycles. The summed E-state index contributed by atoms with van der Waals surface area (Å²) < 4.78 is 12.6. The van der Waals surface area contributed by atoms with E-state index in [1.54, 1.807) is 14.2 Å². The summed E-state index contributed by atoms with van der Waals surface area (Å²) in [5.41, 5.74) is 4.62. The van der Waals surface area contributed by atoms with Gasteiger partial charge in [-0.25, -0.2) is 9.50 Å². The van der Waals surface area contributed by atoms with Crippen LogP contribution in [0.3, 0.4) is 0 Å². The maximum absolute atomic E-state index is 5.40. The van der Waals surface area contributed by atoms with Crippen molar-refractivity contribution >= 4 is 5.65 Å². The van der Waals surface area contributed by atoms with Crippen LogP contribution in [0.2, 0.25) is 0 Å². The Balaban J connectivity index is 1.85. The first-order valence-electron chi connectivity index (χ1n) is 7.93. The van der Waals surface area contributed by atoms with Crippen molar-refractivity contribution in [3.63, 3.8) is 0 Å². The second-order valence-electron chi connectivity index (χ2n) is 5.57. The summed E-state index contributed by atoms with van der Waals surface area (Å²) in [5, 5.41) is 4.76. The van der Waals surface area contributed by atoms with E-state index in [9.17, 15) is 0 Å². The predicted octanol–water partition coefficient (Wildman–Crippen LogP) is 4.08. The van der Waals surface area contributed by atoms with Gasteiger partial charge < -0.3 is 9.47 Å². The minimum atomic E-state index is 0.675. The Morgan fingerprint density at radius 1 is 0.800 bits per heavy atom. The fraction of sp³-hybridized carbons (Fsp3) is 0.100. The number of ether oxygens (including phenoxy) is 2. The molecule has 0 saturated heterocycles. The standard InChI is InChI=1S/C20H17N3O2/c1-24-18-10-8-15(12-19(18)25-2)17-13-21-20-11-9-16(22-23(17)20)14-6-4-3-5-7-14/h3-13H,1-2H3. The molecule has 0 amide bonds. The maximum atomic E-state index is 5.40. The normalized spacial score (nSPS) is 10.8. The molecule has 0 aliphatic carbocycles. The molecule has 0 radical (unpaired) electrons. The number of nitrogens with zero attached hydrogens (tertiary/aromatic N) is 3. The molecule has 2 aromatic heterocycles. The third-order valence-electron chi connectivity index (χ3n) is 4.11. The Bertz CT molecular complexity index is 1030. The van der Waals surface area contributed by atoms with E-state index in [0.717, 1.165) is 28.2 Å². The van der Waals surface area contributed by atoms with Crippen molar-refractivity contribution in [3.05, 3.63) is 66.9 Å². The van der Waals surface area contributed by atoms with E-state index in [1.165, 1.54) is 0 Å². The predicted molar refractivity (Wildman–Crippen MR) is 97.0 cm³/mol. The van der Waals surface area contributed by atoms with Crippen molar-refractivity contribution in [2.24, 2.45) is 0 Å². The van der Waals surface area contributed by atoms with Gasteiger partial charge >= 0.3 is 0 Å². The van der Waals surface area contributed by atoms with E-state index >= 15 is 0 Å². The second-order valence-corrected chi connectivity index (χ2v) is 5.57. The first-order chi connectivity index (χ1) is 12.3. The molecule has 0 unspecified atom stereocenters. The molecule has 0 aliphatic heterocycles. The van der Waals surface area contributed by atoms with Crippen LogP contribution in [0.5, 0.6) is 11.5 Å². The summed E-state index contributed by atoms with van der Waals surface area (Å²) in [6, 6.07) is 19.8. The van der Waals surface area contributed by atoms with Crippen LogP contribution >= 0.6 is 0 Å². The number of methoxy groups -OCH3 is 2. The largest absolute Gasteiger partial charge is 0.493 e. The van der Waals surface area contributed by atoms with Gasteiger partial charge in [0.15, 0.2) is 17.1 Å². The summed E-state index contributed by atoms with van der Waals surface area (Å²) in [6.07, 6.45) is 1.82. The van der Waals surface area contributed by atoms with Crippen LogP contribution in [0.4, 0.5) is 0 Å². The molecule has 4 rings (SSSR count). The fourth-order valence-corrected chi connectivity index (χ4v) is 2.83. The van der Waals surface area contributed by atoms with Crippen molar-refractivity contribution in [3.8, 4) is 34.0 Å². The second kappa shape index (κ2) is 6.28. The topological polar surface area (TPSA) is 48.7 Å². The van der Waals surface area contributed by atoms with Gasteiger partial charge in [-0.2, -0.15) is 5.10 Å². The Hall–Kier alpha value is -3.34. The Morgan fingerprint density at radius 2 is 1.60 bits per heavy atom. The van der Waals surface area contributed by atoms with Crippen molar-refractivity contribution < 1.29 is 9.47 Å². The van der Waals surface area contributed by atoms with Crippen LogP contribution in [0.1, 0.15) is 0 Å². The number of fused-ring (bicyclic) bond motifs is 1. The zero-order chi connectivity index (χ0) is 17.2. The highest BCUT2D eigenvalue weighted by Crippen LogP contribution is 2.32. The molecule has 0 atom stereocenters. The number of imidazole rings is 1. The molecule has 2 heterocycles. The lowest BCUT2D eigenvalue weighted by Gasteiger charge is -2.09. The van der Waals surface area contributed by atoms with Gasteiger partial charge in [0.25, 0.3) is 0 Å². The average Bonchev–Trinajstić information content (AvgIpc) is 3.11. The van der Waals surface area contributed by atoms with Gasteiger partial charge in [-0.15, -0.1) is 0 Å². The van der Waals surface area contributed by atoms with Gasteiger partial charge in [-0.05, 0) is 30.3 Å². The number of rotatable bonds is 4. The van der Waals surface area contributed by atoms with Gasteiger partial charge in [0, 0.05) is 11.1 Å². The first-order valence-corrected chi connectivity index (χ1v) is 7.93. The van der Waals surface area contributed by atoms with Crippen molar-refractivity contribution in [2.45, 2.75) is 0 Å². The van der Waals surface area contributed by atoms with Gasteiger partial charge in [0.1, 0.15) is 0 Å². The van der Waals surface area contributed by atoms with Crippen LogP contribution in [-0.4, -0.2) is 28.8 Å². The number of hydrogen-bond acceptors (Lipinski definition) is 4. The quantitative estimate of drug-likeness (QED) is 0.565. The summed E-state index contributed by atoms with van der Waals surface area (Å²) in [4.78, 5) is 4.46. The minimum Gasteiger partial charge on any atom is -0.493 e. The first kappa shape index (κ1) is 15.2.